The molecule has 3 N–H and O–H groups in total. The second kappa shape index (κ2) is 8.68. The van der Waals surface area contributed by atoms with E-state index >= 15 is 0 Å². The molecule has 1 unspecified atom stereocenters. The topological polar surface area (TPSA) is 38.0 Å². The minimum Gasteiger partial charge on any atom is -0.271 e. The van der Waals surface area contributed by atoms with Crippen LogP contribution in [-0.2, 0) is 0 Å². The zero-order valence-corrected chi connectivity index (χ0v) is 12.9. The molecule has 0 radical (unpaired) electrons. The van der Waals surface area contributed by atoms with Gasteiger partial charge in [0.2, 0.25) is 0 Å². The lowest BCUT2D eigenvalue weighted by molar-refractivity contribution is 0.482. The van der Waals surface area contributed by atoms with Crippen molar-refractivity contribution in [3.05, 3.63) is 21.4 Å². The fourth-order valence-corrected chi connectivity index (χ4v) is 3.35. The Labute approximate surface area is 116 Å². The molecule has 0 aliphatic carbocycles. The minimum atomic E-state index is 0.341. The van der Waals surface area contributed by atoms with Crippen LogP contribution in [0.1, 0.15) is 73.2 Å². The lowest BCUT2D eigenvalue weighted by atomic mass is 10.0. The summed E-state index contributed by atoms with van der Waals surface area (Å²) in [5.74, 6) is 5.68. The summed E-state index contributed by atoms with van der Waals surface area (Å²) >= 11 is 1.88. The highest BCUT2D eigenvalue weighted by molar-refractivity contribution is 7.12. The van der Waals surface area contributed by atoms with Crippen molar-refractivity contribution in [2.24, 2.45) is 5.84 Å². The van der Waals surface area contributed by atoms with Crippen LogP contribution in [0.25, 0.3) is 0 Å². The molecule has 0 aromatic carbocycles. The van der Waals surface area contributed by atoms with Crippen molar-refractivity contribution in [1.29, 1.82) is 0 Å². The highest BCUT2D eigenvalue weighted by Crippen LogP contribution is 2.29. The first-order chi connectivity index (χ1) is 8.69. The molecule has 104 valence electrons. The van der Waals surface area contributed by atoms with Gasteiger partial charge in [-0.25, -0.2) is 0 Å². The Kier molecular flexibility index (Phi) is 7.56. The smallest absolute Gasteiger partial charge is 0.0553 e. The number of hydrazine groups is 1. The number of unbranched alkanes of at least 4 members (excludes halogenated alkanes) is 5. The zero-order chi connectivity index (χ0) is 13.4. The first-order valence-corrected chi connectivity index (χ1v) is 8.03. The Balaban J connectivity index is 2.29. The van der Waals surface area contributed by atoms with Crippen molar-refractivity contribution in [1.82, 2.24) is 5.43 Å². The Morgan fingerprint density at radius 2 is 1.83 bits per heavy atom. The largest absolute Gasteiger partial charge is 0.271 e. The molecule has 2 nitrogen and oxygen atoms in total. The van der Waals surface area contributed by atoms with Gasteiger partial charge in [0, 0.05) is 9.75 Å². The summed E-state index contributed by atoms with van der Waals surface area (Å²) in [4.78, 5) is 2.80. The van der Waals surface area contributed by atoms with Gasteiger partial charge in [0.25, 0.3) is 0 Å². The summed E-state index contributed by atoms with van der Waals surface area (Å²) < 4.78 is 0. The summed E-state index contributed by atoms with van der Waals surface area (Å²) in [6.45, 7) is 6.62. The van der Waals surface area contributed by atoms with E-state index in [-0.39, 0.29) is 0 Å². The Morgan fingerprint density at radius 3 is 2.39 bits per heavy atom. The summed E-state index contributed by atoms with van der Waals surface area (Å²) in [6, 6.07) is 2.62. The molecule has 18 heavy (non-hydrogen) atoms. The van der Waals surface area contributed by atoms with Crippen LogP contribution in [0, 0.1) is 13.8 Å². The minimum absolute atomic E-state index is 0.341. The number of nitrogens with one attached hydrogen (secondary N) is 1. The van der Waals surface area contributed by atoms with E-state index in [4.69, 9.17) is 5.84 Å². The lowest BCUT2D eigenvalue weighted by Gasteiger charge is -2.13. The summed E-state index contributed by atoms with van der Waals surface area (Å²) in [5, 5.41) is 0. The van der Waals surface area contributed by atoms with Crippen LogP contribution in [0.5, 0.6) is 0 Å². The van der Waals surface area contributed by atoms with Gasteiger partial charge in [-0.2, -0.15) is 0 Å². The van der Waals surface area contributed by atoms with Gasteiger partial charge in [0.05, 0.1) is 6.04 Å². The average Bonchev–Trinajstić information content (AvgIpc) is 2.69. The monoisotopic (exact) mass is 268 g/mol. The van der Waals surface area contributed by atoms with Crippen molar-refractivity contribution in [2.45, 2.75) is 71.8 Å². The molecule has 0 amide bonds. The Morgan fingerprint density at radius 1 is 1.17 bits per heavy atom. The zero-order valence-electron chi connectivity index (χ0n) is 12.1. The van der Waals surface area contributed by atoms with E-state index in [1.165, 1.54) is 53.8 Å². The van der Waals surface area contributed by atoms with Crippen LogP contribution < -0.4 is 11.3 Å². The second-order valence-electron chi connectivity index (χ2n) is 5.16. The van der Waals surface area contributed by atoms with Crippen molar-refractivity contribution in [2.75, 3.05) is 0 Å². The van der Waals surface area contributed by atoms with Crippen LogP contribution >= 0.6 is 11.3 Å². The van der Waals surface area contributed by atoms with E-state index in [1.54, 1.807) is 0 Å². The van der Waals surface area contributed by atoms with Gasteiger partial charge in [-0.3, -0.25) is 11.3 Å². The quantitative estimate of drug-likeness (QED) is 0.389. The molecule has 3 heteroatoms. The summed E-state index contributed by atoms with van der Waals surface area (Å²) in [5.41, 5.74) is 4.36. The molecule has 0 bridgehead atoms. The summed E-state index contributed by atoms with van der Waals surface area (Å²) in [6.07, 6.45) is 9.21. The third kappa shape index (κ3) is 5.09. The number of hydrogen-bond donors (Lipinski definition) is 2. The Bertz CT molecular complexity index is 314. The number of aryl methyl sites for hydroxylation is 2. The van der Waals surface area contributed by atoms with Crippen LogP contribution in [0.4, 0.5) is 0 Å². The molecule has 0 aliphatic heterocycles. The molecule has 1 atom stereocenters. The predicted octanol–water partition coefficient (Wildman–Crippen LogP) is 4.62. The lowest BCUT2D eigenvalue weighted by Crippen LogP contribution is -2.27. The van der Waals surface area contributed by atoms with E-state index < -0.39 is 0 Å². The molecule has 1 rings (SSSR count). The number of thiophene rings is 1. The second-order valence-corrected chi connectivity index (χ2v) is 6.45. The molecule has 0 aliphatic rings. The number of hydrogen-bond acceptors (Lipinski definition) is 3. The fraction of sp³-hybridized carbons (Fsp3) is 0.733. The van der Waals surface area contributed by atoms with Crippen molar-refractivity contribution in [3.8, 4) is 0 Å². The van der Waals surface area contributed by atoms with Crippen LogP contribution in [0.2, 0.25) is 0 Å². The van der Waals surface area contributed by atoms with Gasteiger partial charge in [-0.05, 0) is 31.9 Å². The number of nitrogens with two attached hydrogens (primary N) is 1. The highest BCUT2D eigenvalue weighted by atomic mass is 32.1. The van der Waals surface area contributed by atoms with Gasteiger partial charge < -0.3 is 0 Å². The van der Waals surface area contributed by atoms with Gasteiger partial charge >= 0.3 is 0 Å². The van der Waals surface area contributed by atoms with Gasteiger partial charge in [-0.1, -0.05) is 45.4 Å². The maximum Gasteiger partial charge on any atom is 0.0553 e. The molecule has 1 heterocycles. The normalized spacial score (nSPS) is 12.9. The first kappa shape index (κ1) is 15.7. The predicted molar refractivity (Wildman–Crippen MR) is 81.9 cm³/mol. The van der Waals surface area contributed by atoms with E-state index in [1.807, 2.05) is 11.3 Å². The molecule has 0 spiro atoms. The van der Waals surface area contributed by atoms with Gasteiger partial charge in [-0.15, -0.1) is 11.3 Å². The number of rotatable bonds is 9. The maximum absolute atomic E-state index is 5.68. The molecular formula is C15H28N2S. The van der Waals surface area contributed by atoms with Crippen molar-refractivity contribution >= 4 is 11.3 Å². The van der Waals surface area contributed by atoms with Crippen LogP contribution in [0.3, 0.4) is 0 Å². The highest BCUT2D eigenvalue weighted by Gasteiger charge is 2.12. The van der Waals surface area contributed by atoms with Crippen LogP contribution in [-0.4, -0.2) is 0 Å². The fourth-order valence-electron chi connectivity index (χ4n) is 2.21. The Hall–Kier alpha value is -0.380. The van der Waals surface area contributed by atoms with Crippen molar-refractivity contribution < 1.29 is 0 Å². The van der Waals surface area contributed by atoms with Crippen LogP contribution in [0.15, 0.2) is 6.07 Å². The SMILES string of the molecule is CCCCCCCCC(NN)c1cc(C)c(C)s1. The maximum atomic E-state index is 5.68. The third-order valence-corrected chi connectivity index (χ3v) is 4.84. The van der Waals surface area contributed by atoms with E-state index in [2.05, 4.69) is 32.3 Å². The average molecular weight is 268 g/mol. The summed E-state index contributed by atoms with van der Waals surface area (Å²) in [7, 11) is 0. The van der Waals surface area contributed by atoms with Crippen molar-refractivity contribution in [3.63, 3.8) is 0 Å². The molecule has 0 fully saturated rings. The molecule has 0 saturated carbocycles. The third-order valence-electron chi connectivity index (χ3n) is 3.58. The molecular weight excluding hydrogens is 240 g/mol. The first-order valence-electron chi connectivity index (χ1n) is 7.22. The standard InChI is InChI=1S/C15H28N2S/c1-4-5-6-7-8-9-10-14(17-16)15-11-12(2)13(3)18-15/h11,14,17H,4-10,16H2,1-3H3. The molecule has 1 aromatic rings. The molecule has 0 saturated heterocycles. The van der Waals surface area contributed by atoms with E-state index in [0.717, 1.165) is 6.42 Å². The van der Waals surface area contributed by atoms with E-state index in [0.29, 0.717) is 6.04 Å². The van der Waals surface area contributed by atoms with Gasteiger partial charge in [0.15, 0.2) is 0 Å². The van der Waals surface area contributed by atoms with E-state index in [9.17, 15) is 0 Å². The molecule has 1 aromatic heterocycles. The van der Waals surface area contributed by atoms with Gasteiger partial charge in [0.1, 0.15) is 0 Å².